The molecule has 27 heavy (non-hydrogen) atoms. The van der Waals surface area contributed by atoms with Gasteiger partial charge in [-0.15, -0.1) is 0 Å². The van der Waals surface area contributed by atoms with Crippen LogP contribution in [0.15, 0.2) is 71.3 Å². The highest BCUT2D eigenvalue weighted by molar-refractivity contribution is 5.76. The molecular formula is C23H22N3O+. The van der Waals surface area contributed by atoms with Crippen molar-refractivity contribution in [3.05, 3.63) is 78.0 Å². The first-order chi connectivity index (χ1) is 13.1. The molecule has 0 aliphatic heterocycles. The summed E-state index contributed by atoms with van der Waals surface area (Å²) < 4.78 is 7.95. The van der Waals surface area contributed by atoms with Crippen LogP contribution in [0.5, 0.6) is 0 Å². The van der Waals surface area contributed by atoms with Gasteiger partial charge in [-0.2, -0.15) is 4.57 Å². The van der Waals surface area contributed by atoms with Gasteiger partial charge in [-0.3, -0.25) is 0 Å². The Morgan fingerprint density at radius 1 is 0.926 bits per heavy atom. The van der Waals surface area contributed by atoms with Crippen LogP contribution in [0.2, 0.25) is 0 Å². The highest BCUT2D eigenvalue weighted by Crippen LogP contribution is 2.23. The number of hydrogen-bond acceptors (Lipinski definition) is 3. The van der Waals surface area contributed by atoms with Crippen molar-refractivity contribution in [2.75, 3.05) is 19.0 Å². The molecule has 4 nitrogen and oxygen atoms in total. The van der Waals surface area contributed by atoms with Gasteiger partial charge in [0.15, 0.2) is 11.8 Å². The molecule has 2 aromatic heterocycles. The van der Waals surface area contributed by atoms with Crippen LogP contribution in [0.1, 0.15) is 11.1 Å². The highest BCUT2D eigenvalue weighted by atomic mass is 16.3. The Hall–Kier alpha value is -3.40. The van der Waals surface area contributed by atoms with Gasteiger partial charge in [0.05, 0.1) is 0 Å². The highest BCUT2D eigenvalue weighted by Gasteiger charge is 2.17. The van der Waals surface area contributed by atoms with Crippen LogP contribution in [-0.2, 0) is 7.05 Å². The van der Waals surface area contributed by atoms with Crippen LogP contribution in [-0.4, -0.2) is 19.1 Å². The van der Waals surface area contributed by atoms with Crippen molar-refractivity contribution in [1.82, 2.24) is 4.98 Å². The molecule has 4 heteroatoms. The second-order valence-corrected chi connectivity index (χ2v) is 6.76. The molecule has 0 spiro atoms. The molecule has 0 bridgehead atoms. The number of nitrogens with zero attached hydrogens (tertiary/aromatic N) is 3. The maximum Gasteiger partial charge on any atom is 0.294 e. The number of hydrogen-bond donors (Lipinski definition) is 0. The topological polar surface area (TPSA) is 33.2 Å². The maximum absolute atomic E-state index is 5.93. The largest absolute Gasteiger partial charge is 0.432 e. The normalized spacial score (nSPS) is 11.4. The number of para-hydroxylation sites is 2. The van der Waals surface area contributed by atoms with E-state index in [-0.39, 0.29) is 0 Å². The molecule has 0 aliphatic rings. The lowest BCUT2D eigenvalue weighted by Crippen LogP contribution is -2.30. The lowest BCUT2D eigenvalue weighted by molar-refractivity contribution is -0.661. The van der Waals surface area contributed by atoms with Crippen molar-refractivity contribution in [2.45, 2.75) is 0 Å². The van der Waals surface area contributed by atoms with E-state index >= 15 is 0 Å². The molecule has 4 aromatic rings. The summed E-state index contributed by atoms with van der Waals surface area (Å²) in [6, 6.07) is 20.5. The SMILES string of the molecule is CN(C)c1ccc(/C=C/c2cc[n+](C)c(-c3nc4ccccc4o3)c2)cc1. The molecule has 134 valence electrons. The number of aryl methyl sites for hydroxylation is 1. The quantitative estimate of drug-likeness (QED) is 0.503. The summed E-state index contributed by atoms with van der Waals surface area (Å²) in [5.74, 6) is 0.629. The average Bonchev–Trinajstić information content (AvgIpc) is 3.11. The Morgan fingerprint density at radius 2 is 1.67 bits per heavy atom. The first-order valence-corrected chi connectivity index (χ1v) is 8.91. The predicted molar refractivity (Wildman–Crippen MR) is 110 cm³/mol. The number of benzene rings is 2. The number of aromatic nitrogens is 2. The van der Waals surface area contributed by atoms with Gasteiger partial charge in [0, 0.05) is 31.9 Å². The summed E-state index contributed by atoms with van der Waals surface area (Å²) >= 11 is 0. The van der Waals surface area contributed by atoms with Crippen molar-refractivity contribution in [1.29, 1.82) is 0 Å². The smallest absolute Gasteiger partial charge is 0.294 e. The van der Waals surface area contributed by atoms with E-state index in [1.165, 1.54) is 5.69 Å². The molecule has 0 fully saturated rings. The zero-order chi connectivity index (χ0) is 18.8. The van der Waals surface area contributed by atoms with Crippen LogP contribution >= 0.6 is 0 Å². The van der Waals surface area contributed by atoms with E-state index in [0.717, 1.165) is 27.9 Å². The Labute approximate surface area is 159 Å². The second kappa shape index (κ2) is 7.08. The Kier molecular flexibility index (Phi) is 4.47. The Morgan fingerprint density at radius 3 is 2.41 bits per heavy atom. The third kappa shape index (κ3) is 3.60. The molecule has 0 N–H and O–H groups in total. The maximum atomic E-state index is 5.93. The molecule has 0 saturated heterocycles. The first kappa shape index (κ1) is 17.0. The molecule has 4 rings (SSSR count). The van der Waals surface area contributed by atoms with Crippen molar-refractivity contribution in [2.24, 2.45) is 7.05 Å². The fourth-order valence-corrected chi connectivity index (χ4v) is 2.96. The van der Waals surface area contributed by atoms with Gasteiger partial charge in [0.25, 0.3) is 11.6 Å². The van der Waals surface area contributed by atoms with Gasteiger partial charge in [-0.05, 0) is 35.4 Å². The van der Waals surface area contributed by atoms with Crippen molar-refractivity contribution < 1.29 is 8.98 Å². The van der Waals surface area contributed by atoms with Gasteiger partial charge >= 0.3 is 0 Å². The Bertz CT molecular complexity index is 1080. The van der Waals surface area contributed by atoms with E-state index in [0.29, 0.717) is 5.89 Å². The minimum Gasteiger partial charge on any atom is -0.432 e. The van der Waals surface area contributed by atoms with Crippen molar-refractivity contribution in [3.8, 4) is 11.6 Å². The summed E-state index contributed by atoms with van der Waals surface area (Å²) in [7, 11) is 6.09. The standard InChI is InChI=1S/C23H22N3O/c1-25(2)19-12-10-17(11-13-19)8-9-18-14-15-26(3)21(16-18)23-24-20-6-4-5-7-22(20)27-23/h4-16H,1-3H3/q+1. The molecule has 0 radical (unpaired) electrons. The monoisotopic (exact) mass is 356 g/mol. The molecule has 2 aromatic carbocycles. The van der Waals surface area contributed by atoms with Gasteiger partial charge in [0.1, 0.15) is 12.6 Å². The molecule has 0 amide bonds. The van der Waals surface area contributed by atoms with Crippen LogP contribution in [0.3, 0.4) is 0 Å². The molecule has 2 heterocycles. The van der Waals surface area contributed by atoms with Gasteiger partial charge in [-0.25, -0.2) is 4.98 Å². The first-order valence-electron chi connectivity index (χ1n) is 8.91. The van der Waals surface area contributed by atoms with Gasteiger partial charge in [-0.1, -0.05) is 36.4 Å². The van der Waals surface area contributed by atoms with Crippen LogP contribution < -0.4 is 9.47 Å². The zero-order valence-corrected chi connectivity index (χ0v) is 15.8. The molecular weight excluding hydrogens is 334 g/mol. The molecule has 0 saturated carbocycles. The lowest BCUT2D eigenvalue weighted by atomic mass is 10.1. The van der Waals surface area contributed by atoms with E-state index in [1.54, 1.807) is 0 Å². The van der Waals surface area contributed by atoms with Gasteiger partial charge < -0.3 is 9.32 Å². The Balaban J connectivity index is 1.63. The van der Waals surface area contributed by atoms with E-state index in [9.17, 15) is 0 Å². The fourth-order valence-electron chi connectivity index (χ4n) is 2.96. The van der Waals surface area contributed by atoms with E-state index in [1.807, 2.05) is 56.2 Å². The van der Waals surface area contributed by atoms with E-state index in [2.05, 4.69) is 58.4 Å². The third-order valence-corrected chi connectivity index (χ3v) is 4.56. The minimum absolute atomic E-state index is 0.629. The molecule has 0 atom stereocenters. The lowest BCUT2D eigenvalue weighted by Gasteiger charge is -2.11. The van der Waals surface area contributed by atoms with Crippen molar-refractivity contribution in [3.63, 3.8) is 0 Å². The molecule has 0 unspecified atom stereocenters. The minimum atomic E-state index is 0.629. The summed E-state index contributed by atoms with van der Waals surface area (Å²) in [5.41, 5.74) is 6.07. The zero-order valence-electron chi connectivity index (χ0n) is 15.8. The second-order valence-electron chi connectivity index (χ2n) is 6.76. The summed E-state index contributed by atoms with van der Waals surface area (Å²) in [4.78, 5) is 6.71. The van der Waals surface area contributed by atoms with Crippen LogP contribution in [0, 0.1) is 0 Å². The number of pyridine rings is 1. The van der Waals surface area contributed by atoms with E-state index < -0.39 is 0 Å². The van der Waals surface area contributed by atoms with E-state index in [4.69, 9.17) is 4.42 Å². The summed E-state index contributed by atoms with van der Waals surface area (Å²) in [6.07, 6.45) is 6.25. The number of fused-ring (bicyclic) bond motifs is 1. The summed E-state index contributed by atoms with van der Waals surface area (Å²) in [5, 5.41) is 0. The van der Waals surface area contributed by atoms with Crippen LogP contribution in [0.25, 0.3) is 34.8 Å². The number of oxazole rings is 1. The van der Waals surface area contributed by atoms with Gasteiger partial charge in [0.2, 0.25) is 0 Å². The average molecular weight is 356 g/mol. The summed E-state index contributed by atoms with van der Waals surface area (Å²) in [6.45, 7) is 0. The predicted octanol–water partition coefficient (Wildman–Crippen LogP) is 4.56. The number of rotatable bonds is 4. The van der Waals surface area contributed by atoms with Crippen molar-refractivity contribution >= 4 is 28.9 Å². The van der Waals surface area contributed by atoms with Crippen LogP contribution in [0.4, 0.5) is 5.69 Å². The number of anilines is 1. The molecule has 0 aliphatic carbocycles. The third-order valence-electron chi connectivity index (χ3n) is 4.56. The fraction of sp³-hybridized carbons (Fsp3) is 0.130.